The summed E-state index contributed by atoms with van der Waals surface area (Å²) in [6.45, 7) is 8.89. The molecule has 4 aromatic rings. The van der Waals surface area contributed by atoms with Crippen LogP contribution in [-0.2, 0) is 83.0 Å². The first-order valence-electron chi connectivity index (χ1n) is 25.2. The Morgan fingerprint density at radius 1 is 0.329 bits per heavy atom. The highest BCUT2D eigenvalue weighted by Crippen LogP contribution is 2.43. The number of hydrogen-bond donors (Lipinski definition) is 4. The van der Waals surface area contributed by atoms with E-state index in [1.54, 1.807) is 48.5 Å². The summed E-state index contributed by atoms with van der Waals surface area (Å²) in [6, 6.07) is 13.8. The Balaban J connectivity index is 1.97. The summed E-state index contributed by atoms with van der Waals surface area (Å²) in [6.07, 6.45) is 0.350. The van der Waals surface area contributed by atoms with Gasteiger partial charge in [0.1, 0.15) is 48.7 Å². The zero-order valence-electron chi connectivity index (χ0n) is 44.5. The molecule has 0 fully saturated rings. The quantitative estimate of drug-likeness (QED) is 0.0265. The summed E-state index contributed by atoms with van der Waals surface area (Å²) in [4.78, 5) is 103. The molecule has 0 atom stereocenters. The van der Waals surface area contributed by atoms with Gasteiger partial charge in [-0.1, -0.05) is 27.7 Å². The number of rotatable bonds is 24. The van der Waals surface area contributed by atoms with Gasteiger partial charge in [0.2, 0.25) is 23.6 Å². The smallest absolute Gasteiger partial charge is 0.315 e. The van der Waals surface area contributed by atoms with Crippen molar-refractivity contribution in [3.63, 3.8) is 0 Å². The van der Waals surface area contributed by atoms with Crippen molar-refractivity contribution >= 4 is 70.3 Å². The topological polar surface area (TPSA) is 259 Å². The number of carbonyl (C=O) groups is 8. The highest BCUT2D eigenvalue weighted by atomic mass is 16.5. The Labute approximate surface area is 442 Å². The average molecular weight is 1050 g/mol. The molecule has 8 bridgehead atoms. The third-order valence-electron chi connectivity index (χ3n) is 11.6. The lowest BCUT2D eigenvalue weighted by Crippen LogP contribution is -2.19. The van der Waals surface area contributed by atoms with Crippen molar-refractivity contribution in [2.45, 2.75) is 105 Å². The number of anilines is 4. The zero-order valence-corrected chi connectivity index (χ0v) is 44.5. The van der Waals surface area contributed by atoms with E-state index in [-0.39, 0.29) is 52.1 Å². The van der Waals surface area contributed by atoms with Crippen molar-refractivity contribution in [2.24, 2.45) is 0 Å². The fourth-order valence-corrected chi connectivity index (χ4v) is 8.37. The van der Waals surface area contributed by atoms with E-state index in [0.717, 1.165) is 0 Å². The second-order valence-corrected chi connectivity index (χ2v) is 17.8. The number of ether oxygens (including phenoxy) is 8. The Kier molecular flexibility index (Phi) is 22.5. The summed E-state index contributed by atoms with van der Waals surface area (Å²) in [7, 11) is 4.73. The van der Waals surface area contributed by atoms with Gasteiger partial charge in [0.25, 0.3) is 0 Å². The number of esters is 4. The molecule has 20 nitrogen and oxygen atoms in total. The summed E-state index contributed by atoms with van der Waals surface area (Å²) in [5, 5.41) is 11.4. The molecule has 0 aromatic heterocycles. The van der Waals surface area contributed by atoms with Crippen LogP contribution in [0, 0.1) is 0 Å². The Bertz CT molecular complexity index is 2320. The minimum Gasteiger partial charge on any atom is -0.493 e. The number of hydrogen-bond acceptors (Lipinski definition) is 16. The van der Waals surface area contributed by atoms with Crippen LogP contribution in [0.1, 0.15) is 124 Å². The third kappa shape index (κ3) is 16.9. The summed E-state index contributed by atoms with van der Waals surface area (Å²) < 4.78 is 45.8. The van der Waals surface area contributed by atoms with Gasteiger partial charge in [-0.2, -0.15) is 0 Å². The van der Waals surface area contributed by atoms with Gasteiger partial charge < -0.3 is 59.2 Å². The third-order valence-corrected chi connectivity index (χ3v) is 11.6. The SMILES string of the molecule is CCCOc1c2cc(NC(=O)CC(=O)OC)cc1Cc1cc(NC(=O)CC(=O)OC)cc(c1OCCC)Cc1cc(NC(=O)CC(=O)OC)cc(c1OCCC)Cc1cc(NC(=O)CC(=O)OC)cc(c1OCCC)C2. The van der Waals surface area contributed by atoms with E-state index in [2.05, 4.69) is 21.3 Å². The first-order chi connectivity index (χ1) is 36.5. The number of fused-ring (bicyclic) bond motifs is 8. The summed E-state index contributed by atoms with van der Waals surface area (Å²) in [5.74, 6) is -3.82. The molecule has 0 spiro atoms. The van der Waals surface area contributed by atoms with Gasteiger partial charge in [-0.3, -0.25) is 38.4 Å². The molecular weight excluding hydrogens is 985 g/mol. The van der Waals surface area contributed by atoms with E-state index < -0.39 is 73.2 Å². The molecule has 4 aromatic carbocycles. The molecule has 0 aliphatic heterocycles. The van der Waals surface area contributed by atoms with Crippen LogP contribution in [0.5, 0.6) is 23.0 Å². The number of benzene rings is 4. The Morgan fingerprint density at radius 3 is 0.645 bits per heavy atom. The fraction of sp³-hybridized carbons (Fsp3) is 0.429. The lowest BCUT2D eigenvalue weighted by molar-refractivity contribution is -0.144. The molecule has 76 heavy (non-hydrogen) atoms. The summed E-state index contributed by atoms with van der Waals surface area (Å²) in [5.41, 5.74) is 5.65. The lowest BCUT2D eigenvalue weighted by atomic mass is 9.90. The molecule has 0 heterocycles. The maximum Gasteiger partial charge on any atom is 0.315 e. The van der Waals surface area contributed by atoms with E-state index in [4.69, 9.17) is 37.9 Å². The average Bonchev–Trinajstić information content (AvgIpc) is 3.37. The fourth-order valence-electron chi connectivity index (χ4n) is 8.37. The molecular formula is C56H68N4O16. The van der Waals surface area contributed by atoms with Gasteiger partial charge in [-0.05, 0) is 74.2 Å². The molecule has 5 rings (SSSR count). The zero-order chi connectivity index (χ0) is 55.3. The second kappa shape index (κ2) is 29.1. The molecule has 20 heteroatoms. The Morgan fingerprint density at radius 2 is 0.500 bits per heavy atom. The highest BCUT2D eigenvalue weighted by Gasteiger charge is 2.27. The van der Waals surface area contributed by atoms with Crippen LogP contribution in [0.4, 0.5) is 22.7 Å². The van der Waals surface area contributed by atoms with Crippen molar-refractivity contribution in [3.05, 3.63) is 93.0 Å². The monoisotopic (exact) mass is 1050 g/mol. The standard InChI is InChI=1S/C56H68N4O16/c1-9-13-73-53-33-17-35-23-42(58-46(62)30-50(66)70-6)25-37(54(35)74-14-10-2)19-39-27-44(60-48(64)32-52(68)72-8)28-40(56(39)76-16-12-4)20-38-26-43(59-47(63)31-51(67)71-7)24-36(55(38)75-15-11-3)18-34(53)22-41(21-33)57-45(61)29-49(65)69-5/h21-28H,9-20,29-32H2,1-8H3,(H,57,61)(H,58,62)(H,59,63)(H,60,64). The molecule has 408 valence electrons. The molecule has 0 saturated carbocycles. The predicted octanol–water partition coefficient (Wildman–Crippen LogP) is 7.52. The van der Waals surface area contributed by atoms with Gasteiger partial charge in [-0.15, -0.1) is 0 Å². The Hall–Kier alpha value is -8.16. The first-order valence-corrected chi connectivity index (χ1v) is 25.2. The van der Waals surface area contributed by atoms with Crippen molar-refractivity contribution in [2.75, 3.05) is 76.1 Å². The molecule has 1 aliphatic rings. The maximum atomic E-state index is 13.5. The number of methoxy groups -OCH3 is 4. The van der Waals surface area contributed by atoms with Gasteiger partial charge >= 0.3 is 23.9 Å². The van der Waals surface area contributed by atoms with Crippen LogP contribution in [0.15, 0.2) is 48.5 Å². The normalized spacial score (nSPS) is 11.5. The molecule has 0 saturated heterocycles. The van der Waals surface area contributed by atoms with Crippen molar-refractivity contribution in [1.29, 1.82) is 0 Å². The lowest BCUT2D eigenvalue weighted by Gasteiger charge is -2.25. The number of amides is 4. The van der Waals surface area contributed by atoms with Crippen LogP contribution in [0.25, 0.3) is 0 Å². The molecule has 0 unspecified atom stereocenters. The van der Waals surface area contributed by atoms with Crippen LogP contribution in [0.3, 0.4) is 0 Å². The largest absolute Gasteiger partial charge is 0.493 e. The van der Waals surface area contributed by atoms with Crippen LogP contribution >= 0.6 is 0 Å². The molecule has 4 amide bonds. The van der Waals surface area contributed by atoms with E-state index in [1.165, 1.54) is 28.4 Å². The molecule has 4 N–H and O–H groups in total. The van der Waals surface area contributed by atoms with Crippen LogP contribution < -0.4 is 40.2 Å². The van der Waals surface area contributed by atoms with Crippen molar-refractivity contribution in [1.82, 2.24) is 0 Å². The summed E-state index contributed by atoms with van der Waals surface area (Å²) >= 11 is 0. The van der Waals surface area contributed by atoms with E-state index >= 15 is 0 Å². The van der Waals surface area contributed by atoms with Crippen molar-refractivity contribution < 1.29 is 76.3 Å². The van der Waals surface area contributed by atoms with E-state index in [9.17, 15) is 38.4 Å². The second-order valence-electron chi connectivity index (χ2n) is 17.8. The van der Waals surface area contributed by atoms with Crippen LogP contribution in [0.2, 0.25) is 0 Å². The highest BCUT2D eigenvalue weighted by molar-refractivity contribution is 6.04. The van der Waals surface area contributed by atoms with Gasteiger partial charge in [0, 0.05) is 92.9 Å². The first kappa shape index (κ1) is 58.7. The number of nitrogens with one attached hydrogen (secondary N) is 4. The molecule has 1 aliphatic carbocycles. The van der Waals surface area contributed by atoms with E-state index in [0.29, 0.717) is 116 Å². The number of carbonyl (C=O) groups excluding carboxylic acids is 8. The maximum absolute atomic E-state index is 13.5. The minimum atomic E-state index is -0.751. The minimum absolute atomic E-state index is 0.0572. The molecule has 0 radical (unpaired) electrons. The van der Waals surface area contributed by atoms with Crippen molar-refractivity contribution in [3.8, 4) is 23.0 Å². The van der Waals surface area contributed by atoms with Crippen LogP contribution in [-0.4, -0.2) is 102 Å². The van der Waals surface area contributed by atoms with Gasteiger partial charge in [0.05, 0.1) is 54.9 Å². The van der Waals surface area contributed by atoms with E-state index in [1.807, 2.05) is 27.7 Å². The predicted molar refractivity (Wildman–Crippen MR) is 281 cm³/mol. The van der Waals surface area contributed by atoms with Gasteiger partial charge in [-0.25, -0.2) is 0 Å². The van der Waals surface area contributed by atoms with Gasteiger partial charge in [0.15, 0.2) is 0 Å².